The molecule has 0 radical (unpaired) electrons. The molecule has 9 nitrogen and oxygen atoms in total. The maximum absolute atomic E-state index is 13.3. The maximum atomic E-state index is 13.3. The van der Waals surface area contributed by atoms with E-state index in [9.17, 15) is 13.6 Å². The van der Waals surface area contributed by atoms with E-state index in [2.05, 4.69) is 29.5 Å². The van der Waals surface area contributed by atoms with Gasteiger partial charge in [0.2, 0.25) is 5.13 Å². The van der Waals surface area contributed by atoms with E-state index in [1.54, 1.807) is 20.8 Å². The van der Waals surface area contributed by atoms with E-state index in [0.29, 0.717) is 16.6 Å². The van der Waals surface area contributed by atoms with Gasteiger partial charge in [0.1, 0.15) is 11.3 Å². The van der Waals surface area contributed by atoms with Gasteiger partial charge >= 0.3 is 6.09 Å². The number of rotatable bonds is 5. The van der Waals surface area contributed by atoms with Gasteiger partial charge in [-0.15, -0.1) is 0 Å². The monoisotopic (exact) mass is 489 g/mol. The minimum absolute atomic E-state index is 0.127. The van der Waals surface area contributed by atoms with Gasteiger partial charge in [0.25, 0.3) is 6.43 Å². The van der Waals surface area contributed by atoms with Crippen LogP contribution in [0.3, 0.4) is 0 Å². The summed E-state index contributed by atoms with van der Waals surface area (Å²) >= 11 is 1.08. The standard InChI is InChI=1S/C22H25F2N7O2S/c1-22(2,3)33-21(32)31(5)15-9-13(17(23)24)10-26-19(15)28-20-27-18(29-34-20)14-8-12-6-7-30(4)16(12)11-25-14/h8-11,17H,6-7H2,1-5H3,(H,26,27,28,29). The number of nitrogens with zero attached hydrogens (tertiary/aromatic N) is 6. The van der Waals surface area contributed by atoms with Crippen molar-refractivity contribution in [3.8, 4) is 11.5 Å². The number of amides is 1. The van der Waals surface area contributed by atoms with E-state index in [1.165, 1.54) is 18.7 Å². The number of aromatic nitrogens is 4. The predicted octanol–water partition coefficient (Wildman–Crippen LogP) is 5.04. The first-order valence-electron chi connectivity index (χ1n) is 10.6. The van der Waals surface area contributed by atoms with E-state index >= 15 is 0 Å². The Morgan fingerprint density at radius 1 is 1.26 bits per heavy atom. The zero-order valence-corrected chi connectivity index (χ0v) is 20.3. The molecule has 3 aromatic heterocycles. The zero-order valence-electron chi connectivity index (χ0n) is 19.5. The SMILES string of the molecule is CN1CCc2cc(-c3nsc(Nc4ncc(C(F)F)cc4N(C)C(=O)OC(C)(C)C)n3)ncc21. The molecule has 4 heterocycles. The lowest BCUT2D eigenvalue weighted by molar-refractivity contribution is 0.0589. The fourth-order valence-corrected chi connectivity index (χ4v) is 3.99. The van der Waals surface area contributed by atoms with Crippen molar-refractivity contribution in [2.75, 3.05) is 35.8 Å². The van der Waals surface area contributed by atoms with Crippen LogP contribution < -0.4 is 15.1 Å². The number of likely N-dealkylation sites (N-methyl/N-ethyl adjacent to an activating group) is 1. The lowest BCUT2D eigenvalue weighted by atomic mass is 10.2. The van der Waals surface area contributed by atoms with Gasteiger partial charge in [-0.1, -0.05) is 0 Å². The summed E-state index contributed by atoms with van der Waals surface area (Å²) in [5, 5.41) is 3.37. The number of alkyl halides is 2. The van der Waals surface area contributed by atoms with Gasteiger partial charge in [0.05, 0.1) is 17.6 Å². The van der Waals surface area contributed by atoms with Crippen molar-refractivity contribution in [1.82, 2.24) is 19.3 Å². The molecular weight excluding hydrogens is 464 g/mol. The number of fused-ring (bicyclic) bond motifs is 1. The molecular formula is C22H25F2N7O2S. The molecule has 0 saturated carbocycles. The summed E-state index contributed by atoms with van der Waals surface area (Å²) in [6, 6.07) is 3.17. The summed E-state index contributed by atoms with van der Waals surface area (Å²) in [6.45, 7) is 6.10. The van der Waals surface area contributed by atoms with Crippen LogP contribution in [0.4, 0.5) is 35.9 Å². The molecule has 0 aliphatic carbocycles. The third-order valence-electron chi connectivity index (χ3n) is 5.14. The number of hydrogen-bond acceptors (Lipinski definition) is 9. The first-order chi connectivity index (χ1) is 16.0. The molecule has 0 bridgehead atoms. The quantitative estimate of drug-likeness (QED) is 0.533. The summed E-state index contributed by atoms with van der Waals surface area (Å²) in [6.07, 6.45) is 0.348. The van der Waals surface area contributed by atoms with E-state index in [-0.39, 0.29) is 17.1 Å². The Balaban J connectivity index is 1.60. The number of nitrogens with one attached hydrogen (secondary N) is 1. The molecule has 34 heavy (non-hydrogen) atoms. The van der Waals surface area contributed by atoms with Gasteiger partial charge < -0.3 is 15.0 Å². The molecule has 1 aliphatic rings. The van der Waals surface area contributed by atoms with Crippen LogP contribution in [0, 0.1) is 0 Å². The van der Waals surface area contributed by atoms with Gasteiger partial charge in [-0.2, -0.15) is 9.36 Å². The fourth-order valence-electron chi connectivity index (χ4n) is 3.41. The first-order valence-corrected chi connectivity index (χ1v) is 11.3. The van der Waals surface area contributed by atoms with Crippen LogP contribution in [-0.2, 0) is 11.2 Å². The second kappa shape index (κ2) is 9.09. The molecule has 1 amide bonds. The smallest absolute Gasteiger partial charge is 0.414 e. The van der Waals surface area contributed by atoms with Gasteiger partial charge in [-0.05, 0) is 44.9 Å². The van der Waals surface area contributed by atoms with Crippen molar-refractivity contribution < 1.29 is 18.3 Å². The third kappa shape index (κ3) is 5.06. The highest BCUT2D eigenvalue weighted by atomic mass is 32.1. The number of ether oxygens (including phenoxy) is 1. The van der Waals surface area contributed by atoms with Crippen LogP contribution in [0.5, 0.6) is 0 Å². The molecule has 0 aromatic carbocycles. The highest BCUT2D eigenvalue weighted by Gasteiger charge is 2.25. The van der Waals surface area contributed by atoms with Crippen molar-refractivity contribution in [3.05, 3.63) is 35.7 Å². The van der Waals surface area contributed by atoms with E-state index < -0.39 is 18.1 Å². The minimum atomic E-state index is -2.75. The lowest BCUT2D eigenvalue weighted by Gasteiger charge is -2.26. The van der Waals surface area contributed by atoms with Gasteiger partial charge in [-0.3, -0.25) is 9.88 Å². The summed E-state index contributed by atoms with van der Waals surface area (Å²) in [5.74, 6) is 0.611. The summed E-state index contributed by atoms with van der Waals surface area (Å²) < 4.78 is 36.4. The van der Waals surface area contributed by atoms with E-state index in [0.717, 1.165) is 41.3 Å². The Kier molecular flexibility index (Phi) is 6.34. The largest absolute Gasteiger partial charge is 0.443 e. The summed E-state index contributed by atoms with van der Waals surface area (Å²) in [7, 11) is 3.46. The number of anilines is 4. The molecule has 0 spiro atoms. The Bertz CT molecular complexity index is 1210. The van der Waals surface area contributed by atoms with Crippen LogP contribution in [0.1, 0.15) is 38.3 Å². The average Bonchev–Trinajstić information content (AvgIpc) is 3.38. The normalized spacial score (nSPS) is 13.2. The van der Waals surface area contributed by atoms with Crippen molar-refractivity contribution in [2.24, 2.45) is 0 Å². The second-order valence-electron chi connectivity index (χ2n) is 8.89. The number of halogens is 2. The number of carbonyl (C=O) groups excluding carboxylic acids is 1. The average molecular weight is 490 g/mol. The second-order valence-corrected chi connectivity index (χ2v) is 9.65. The predicted molar refractivity (Wildman–Crippen MR) is 127 cm³/mol. The molecule has 4 rings (SSSR count). The first kappa shape index (κ1) is 23.7. The summed E-state index contributed by atoms with van der Waals surface area (Å²) in [5.41, 5.74) is 1.98. The molecule has 12 heteroatoms. The summed E-state index contributed by atoms with van der Waals surface area (Å²) in [4.78, 5) is 28.9. The highest BCUT2D eigenvalue weighted by Crippen LogP contribution is 2.33. The van der Waals surface area contributed by atoms with Gasteiger partial charge in [-0.25, -0.2) is 18.6 Å². The molecule has 3 aromatic rings. The van der Waals surface area contributed by atoms with Crippen LogP contribution in [0.15, 0.2) is 24.5 Å². The van der Waals surface area contributed by atoms with Crippen molar-refractivity contribution >= 4 is 39.9 Å². The van der Waals surface area contributed by atoms with Crippen molar-refractivity contribution in [2.45, 2.75) is 39.2 Å². The Labute approximate surface area is 200 Å². The van der Waals surface area contributed by atoms with Crippen LogP contribution in [0.25, 0.3) is 11.5 Å². The van der Waals surface area contributed by atoms with Crippen LogP contribution in [0.2, 0.25) is 0 Å². The maximum Gasteiger partial charge on any atom is 0.414 e. The fraction of sp³-hybridized carbons (Fsp3) is 0.409. The molecule has 0 unspecified atom stereocenters. The molecule has 0 fully saturated rings. The Morgan fingerprint density at radius 2 is 2.03 bits per heavy atom. The topological polar surface area (TPSA) is 96.4 Å². The van der Waals surface area contributed by atoms with Crippen LogP contribution >= 0.6 is 11.5 Å². The Morgan fingerprint density at radius 3 is 2.74 bits per heavy atom. The lowest BCUT2D eigenvalue weighted by Crippen LogP contribution is -2.34. The zero-order chi connectivity index (χ0) is 24.6. The molecule has 1 aliphatic heterocycles. The van der Waals surface area contributed by atoms with E-state index in [4.69, 9.17) is 4.74 Å². The van der Waals surface area contributed by atoms with Gasteiger partial charge in [0.15, 0.2) is 11.6 Å². The Hall–Kier alpha value is -3.41. The van der Waals surface area contributed by atoms with E-state index in [1.807, 2.05) is 19.3 Å². The number of hydrogen-bond donors (Lipinski definition) is 1. The number of carbonyl (C=O) groups is 1. The van der Waals surface area contributed by atoms with Crippen molar-refractivity contribution in [3.63, 3.8) is 0 Å². The molecule has 180 valence electrons. The van der Waals surface area contributed by atoms with Crippen LogP contribution in [-0.4, -0.2) is 51.7 Å². The van der Waals surface area contributed by atoms with Gasteiger partial charge in [0, 0.05) is 43.9 Å². The minimum Gasteiger partial charge on any atom is -0.443 e. The molecule has 0 atom stereocenters. The molecule has 1 N–H and O–H groups in total. The molecule has 0 saturated heterocycles. The van der Waals surface area contributed by atoms with Crippen molar-refractivity contribution in [1.29, 1.82) is 0 Å². The highest BCUT2D eigenvalue weighted by molar-refractivity contribution is 7.09. The third-order valence-corrected chi connectivity index (χ3v) is 5.77. The number of pyridine rings is 2.